The van der Waals surface area contributed by atoms with Crippen LogP contribution in [0.2, 0.25) is 0 Å². The summed E-state index contributed by atoms with van der Waals surface area (Å²) >= 11 is 5.69. The minimum absolute atomic E-state index is 0. The SMILES string of the molecule is Cl.ClCc1cnn(Cc2ccccc2)c1. The Balaban J connectivity index is 0.00000112. The fraction of sp³-hybridized carbons (Fsp3) is 0.182. The molecule has 2 nitrogen and oxygen atoms in total. The summed E-state index contributed by atoms with van der Waals surface area (Å²) in [6.07, 6.45) is 3.77. The molecule has 2 rings (SSSR count). The third-order valence-electron chi connectivity index (χ3n) is 2.03. The van der Waals surface area contributed by atoms with E-state index in [-0.39, 0.29) is 12.4 Å². The third kappa shape index (κ3) is 3.26. The van der Waals surface area contributed by atoms with Gasteiger partial charge in [0.1, 0.15) is 0 Å². The molecule has 0 saturated carbocycles. The molecule has 0 saturated heterocycles. The molecule has 0 spiro atoms. The number of alkyl halides is 1. The minimum Gasteiger partial charge on any atom is -0.268 e. The van der Waals surface area contributed by atoms with Crippen LogP contribution < -0.4 is 0 Å². The first-order valence-electron chi connectivity index (χ1n) is 4.50. The van der Waals surface area contributed by atoms with Crippen molar-refractivity contribution in [1.29, 1.82) is 0 Å². The summed E-state index contributed by atoms with van der Waals surface area (Å²) in [7, 11) is 0. The molecular formula is C11H12Cl2N2. The summed E-state index contributed by atoms with van der Waals surface area (Å²) in [6.45, 7) is 0.803. The first-order chi connectivity index (χ1) is 6.88. The lowest BCUT2D eigenvalue weighted by Crippen LogP contribution is -1.99. The van der Waals surface area contributed by atoms with Gasteiger partial charge >= 0.3 is 0 Å². The average molecular weight is 243 g/mol. The molecule has 0 radical (unpaired) electrons. The van der Waals surface area contributed by atoms with E-state index in [9.17, 15) is 0 Å². The van der Waals surface area contributed by atoms with Gasteiger partial charge in [-0.15, -0.1) is 24.0 Å². The van der Waals surface area contributed by atoms with Gasteiger partial charge in [0.2, 0.25) is 0 Å². The van der Waals surface area contributed by atoms with Crippen LogP contribution in [0.4, 0.5) is 0 Å². The first-order valence-corrected chi connectivity index (χ1v) is 5.03. The van der Waals surface area contributed by atoms with Crippen molar-refractivity contribution in [2.24, 2.45) is 0 Å². The van der Waals surface area contributed by atoms with Gasteiger partial charge in [-0.3, -0.25) is 4.68 Å². The van der Waals surface area contributed by atoms with Crippen molar-refractivity contribution < 1.29 is 0 Å². The molecule has 0 aliphatic carbocycles. The normalized spacial score (nSPS) is 9.67. The van der Waals surface area contributed by atoms with E-state index in [0.29, 0.717) is 5.88 Å². The van der Waals surface area contributed by atoms with Gasteiger partial charge in [-0.05, 0) is 5.56 Å². The molecular weight excluding hydrogens is 231 g/mol. The maximum absolute atomic E-state index is 5.69. The van der Waals surface area contributed by atoms with Crippen LogP contribution in [0.25, 0.3) is 0 Å². The first kappa shape index (κ1) is 12.1. The van der Waals surface area contributed by atoms with Crippen LogP contribution in [-0.4, -0.2) is 9.78 Å². The van der Waals surface area contributed by atoms with E-state index in [2.05, 4.69) is 17.2 Å². The van der Waals surface area contributed by atoms with Gasteiger partial charge < -0.3 is 0 Å². The van der Waals surface area contributed by atoms with E-state index in [1.54, 1.807) is 6.20 Å². The second-order valence-electron chi connectivity index (χ2n) is 3.17. The Morgan fingerprint density at radius 1 is 1.13 bits per heavy atom. The Morgan fingerprint density at radius 2 is 1.87 bits per heavy atom. The Hall–Kier alpha value is -0.990. The zero-order valence-corrected chi connectivity index (χ0v) is 9.71. The number of hydrogen-bond donors (Lipinski definition) is 0. The van der Waals surface area contributed by atoms with Crippen LogP contribution in [0.5, 0.6) is 0 Å². The van der Waals surface area contributed by atoms with Crippen LogP contribution in [0, 0.1) is 0 Å². The van der Waals surface area contributed by atoms with Crippen molar-refractivity contribution in [2.75, 3.05) is 0 Å². The highest BCUT2D eigenvalue weighted by Gasteiger charge is 1.97. The number of nitrogens with zero attached hydrogens (tertiary/aromatic N) is 2. The molecule has 0 unspecified atom stereocenters. The fourth-order valence-corrected chi connectivity index (χ4v) is 1.47. The zero-order valence-electron chi connectivity index (χ0n) is 8.14. The second kappa shape index (κ2) is 5.79. The molecule has 0 amide bonds. The Bertz CT molecular complexity index is 398. The molecule has 0 N–H and O–H groups in total. The number of aromatic nitrogens is 2. The highest BCUT2D eigenvalue weighted by Crippen LogP contribution is 2.05. The largest absolute Gasteiger partial charge is 0.268 e. The van der Waals surface area contributed by atoms with E-state index >= 15 is 0 Å². The van der Waals surface area contributed by atoms with Crippen molar-refractivity contribution in [3.63, 3.8) is 0 Å². The van der Waals surface area contributed by atoms with Crippen LogP contribution in [-0.2, 0) is 12.4 Å². The number of hydrogen-bond acceptors (Lipinski definition) is 1. The highest BCUT2D eigenvalue weighted by molar-refractivity contribution is 6.17. The van der Waals surface area contributed by atoms with E-state index < -0.39 is 0 Å². The number of benzene rings is 1. The van der Waals surface area contributed by atoms with Gasteiger partial charge in [-0.1, -0.05) is 30.3 Å². The van der Waals surface area contributed by atoms with E-state index in [0.717, 1.165) is 12.1 Å². The van der Waals surface area contributed by atoms with Crippen molar-refractivity contribution in [2.45, 2.75) is 12.4 Å². The van der Waals surface area contributed by atoms with Gasteiger partial charge in [-0.2, -0.15) is 5.10 Å². The summed E-state index contributed by atoms with van der Waals surface area (Å²) in [4.78, 5) is 0. The van der Waals surface area contributed by atoms with Crippen LogP contribution in [0.3, 0.4) is 0 Å². The van der Waals surface area contributed by atoms with Gasteiger partial charge in [-0.25, -0.2) is 0 Å². The standard InChI is InChI=1S/C11H11ClN2.ClH/c12-6-11-7-13-14(9-11)8-10-4-2-1-3-5-10;/h1-5,7,9H,6,8H2;1H. The van der Waals surface area contributed by atoms with Gasteiger partial charge in [0.15, 0.2) is 0 Å². The van der Waals surface area contributed by atoms with Crippen molar-refractivity contribution in [1.82, 2.24) is 9.78 Å². The third-order valence-corrected chi connectivity index (χ3v) is 2.34. The summed E-state index contributed by atoms with van der Waals surface area (Å²) in [5, 5.41) is 4.21. The van der Waals surface area contributed by atoms with E-state index in [1.165, 1.54) is 5.56 Å². The van der Waals surface area contributed by atoms with E-state index in [4.69, 9.17) is 11.6 Å². The quantitative estimate of drug-likeness (QED) is 0.757. The molecule has 2 aromatic rings. The van der Waals surface area contributed by atoms with Crippen molar-refractivity contribution in [3.8, 4) is 0 Å². The summed E-state index contributed by atoms with van der Waals surface area (Å²) in [6, 6.07) is 10.2. The second-order valence-corrected chi connectivity index (χ2v) is 3.43. The minimum atomic E-state index is 0. The van der Waals surface area contributed by atoms with E-state index in [1.807, 2.05) is 29.1 Å². The lowest BCUT2D eigenvalue weighted by atomic mass is 10.2. The monoisotopic (exact) mass is 242 g/mol. The summed E-state index contributed by atoms with van der Waals surface area (Å²) in [5.74, 6) is 0.523. The lowest BCUT2D eigenvalue weighted by molar-refractivity contribution is 0.686. The Kier molecular flexibility index (Phi) is 4.66. The average Bonchev–Trinajstić information content (AvgIpc) is 2.67. The van der Waals surface area contributed by atoms with Crippen LogP contribution in [0.1, 0.15) is 11.1 Å². The molecule has 80 valence electrons. The fourth-order valence-electron chi connectivity index (χ4n) is 1.33. The van der Waals surface area contributed by atoms with Gasteiger partial charge in [0, 0.05) is 11.8 Å². The molecule has 0 bridgehead atoms. The Morgan fingerprint density at radius 3 is 2.47 bits per heavy atom. The molecule has 4 heteroatoms. The van der Waals surface area contributed by atoms with Crippen molar-refractivity contribution >= 4 is 24.0 Å². The summed E-state index contributed by atoms with van der Waals surface area (Å²) < 4.78 is 1.90. The molecule has 0 aliphatic rings. The Labute approximate surface area is 100 Å². The number of rotatable bonds is 3. The molecule has 15 heavy (non-hydrogen) atoms. The molecule has 1 aromatic carbocycles. The van der Waals surface area contributed by atoms with Gasteiger partial charge in [0.05, 0.1) is 18.6 Å². The molecule has 0 fully saturated rings. The molecule has 1 heterocycles. The summed E-state index contributed by atoms with van der Waals surface area (Å²) in [5.41, 5.74) is 2.30. The van der Waals surface area contributed by atoms with Crippen LogP contribution >= 0.6 is 24.0 Å². The van der Waals surface area contributed by atoms with Crippen LogP contribution in [0.15, 0.2) is 42.7 Å². The topological polar surface area (TPSA) is 17.8 Å². The molecule has 0 atom stereocenters. The number of halogens is 2. The maximum Gasteiger partial charge on any atom is 0.0659 e. The molecule has 0 aliphatic heterocycles. The molecule has 1 aromatic heterocycles. The van der Waals surface area contributed by atoms with Gasteiger partial charge in [0.25, 0.3) is 0 Å². The zero-order chi connectivity index (χ0) is 9.80. The highest BCUT2D eigenvalue weighted by atomic mass is 35.5. The maximum atomic E-state index is 5.69. The van der Waals surface area contributed by atoms with Crippen molar-refractivity contribution in [3.05, 3.63) is 53.9 Å². The lowest BCUT2D eigenvalue weighted by Gasteiger charge is -2.00. The predicted molar refractivity (Wildman–Crippen MR) is 64.6 cm³/mol. The smallest absolute Gasteiger partial charge is 0.0659 e. The predicted octanol–water partition coefficient (Wildman–Crippen LogP) is 3.09.